The summed E-state index contributed by atoms with van der Waals surface area (Å²) in [6, 6.07) is 1.32. The summed E-state index contributed by atoms with van der Waals surface area (Å²) in [7, 11) is -4.30. The Morgan fingerprint density at radius 1 is 1.34 bits per heavy atom. The summed E-state index contributed by atoms with van der Waals surface area (Å²) >= 11 is 0. The van der Waals surface area contributed by atoms with Crippen LogP contribution in [0.1, 0.15) is 25.0 Å². The monoisotopic (exact) mass is 438 g/mol. The predicted octanol–water partition coefficient (Wildman–Crippen LogP) is -0.419. The molecule has 0 aliphatic heterocycles. The fourth-order valence-electron chi connectivity index (χ4n) is 2.70. The second kappa shape index (κ2) is 7.51. The molecule has 1 aromatic heterocycles. The summed E-state index contributed by atoms with van der Waals surface area (Å²) in [6.45, 7) is 1.50. The van der Waals surface area contributed by atoms with Crippen molar-refractivity contribution in [2.45, 2.75) is 32.8 Å². The Kier molecular flexibility index (Phi) is 5.81. The number of rotatable bonds is 5. The van der Waals surface area contributed by atoms with E-state index in [-0.39, 0.29) is 9.09 Å². The summed E-state index contributed by atoms with van der Waals surface area (Å²) in [6.07, 6.45) is -6.05. The largest absolute Gasteiger partial charge is 0.416 e. The first-order chi connectivity index (χ1) is 13.1. The number of amides is 1. The number of nitrogens with zero attached hydrogens (tertiary/aromatic N) is 2. The molecule has 160 valence electrons. The highest BCUT2D eigenvalue weighted by atomic mass is 32.2. The number of alkyl halides is 3. The summed E-state index contributed by atoms with van der Waals surface area (Å²) in [5, 5.41) is 11.4. The number of nitrogens with one attached hydrogen (secondary N) is 2. The van der Waals surface area contributed by atoms with Crippen molar-refractivity contribution in [3.05, 3.63) is 44.1 Å². The lowest BCUT2D eigenvalue weighted by Crippen LogP contribution is -2.56. The average molecular weight is 438 g/mol. The van der Waals surface area contributed by atoms with Gasteiger partial charge in [-0.1, -0.05) is 0 Å². The minimum absolute atomic E-state index is 0.0811. The first-order valence-electron chi connectivity index (χ1n) is 7.96. The smallest absolute Gasteiger partial charge is 0.371 e. The average Bonchev–Trinajstić information content (AvgIpc) is 2.53. The third-order valence-electron chi connectivity index (χ3n) is 3.79. The van der Waals surface area contributed by atoms with E-state index >= 15 is 0 Å². The maximum atomic E-state index is 13.4. The van der Waals surface area contributed by atoms with Crippen molar-refractivity contribution in [3.8, 4) is 0 Å². The first kappa shape index (κ1) is 22.4. The summed E-state index contributed by atoms with van der Waals surface area (Å²) in [5.74, 6) is -0.616. The van der Waals surface area contributed by atoms with Gasteiger partial charge in [0.05, 0.1) is 22.7 Å². The van der Waals surface area contributed by atoms with Crippen molar-refractivity contribution < 1.29 is 31.5 Å². The molecule has 0 bridgehead atoms. The number of sulfonamides is 1. The second-order valence-electron chi connectivity index (χ2n) is 6.18. The van der Waals surface area contributed by atoms with Crippen molar-refractivity contribution >= 4 is 26.8 Å². The molecule has 2 aromatic rings. The molecule has 0 aliphatic rings. The van der Waals surface area contributed by atoms with E-state index in [1.54, 1.807) is 0 Å². The number of aromatic nitrogens is 2. The van der Waals surface area contributed by atoms with E-state index < -0.39 is 68.2 Å². The number of hydrogen-bond acceptors (Lipinski definition) is 6. The molecular weight excluding hydrogens is 421 g/mol. The molecule has 1 aromatic carbocycles. The standard InChI is InChI=1S/C15H17F3N4O6S/c1-7(23)19-6-9-4-10-12(5-11(9)15(16,17)18)20-14(26)21(13(10)25)22(8(2)24)29(3,27)28/h4-5,8,24H,6H2,1-3H3,(H,19,23)(H,20,26). The number of H-pyrrole nitrogens is 1. The number of aliphatic hydroxyl groups is 1. The minimum atomic E-state index is -4.86. The zero-order chi connectivity index (χ0) is 22.3. The van der Waals surface area contributed by atoms with E-state index in [0.717, 1.165) is 19.9 Å². The van der Waals surface area contributed by atoms with Crippen LogP contribution >= 0.6 is 0 Å². The van der Waals surface area contributed by atoms with Gasteiger partial charge in [0, 0.05) is 13.5 Å². The fourth-order valence-corrected chi connectivity index (χ4v) is 3.70. The van der Waals surface area contributed by atoms with Crippen LogP contribution in [-0.4, -0.2) is 41.6 Å². The maximum absolute atomic E-state index is 13.4. The normalized spacial score (nSPS) is 13.3. The van der Waals surface area contributed by atoms with Gasteiger partial charge in [0.2, 0.25) is 15.9 Å². The lowest BCUT2D eigenvalue weighted by molar-refractivity contribution is -0.138. The van der Waals surface area contributed by atoms with Crippen LogP contribution in [0.15, 0.2) is 21.7 Å². The number of aromatic amines is 1. The Morgan fingerprint density at radius 2 is 1.93 bits per heavy atom. The third kappa shape index (κ3) is 4.59. The SMILES string of the molecule is CC(=O)NCc1cc2c(=O)n(N(C(C)O)S(C)(=O)=O)c(=O)[nH]c2cc1C(F)(F)F. The van der Waals surface area contributed by atoms with Crippen LogP contribution in [0, 0.1) is 0 Å². The van der Waals surface area contributed by atoms with E-state index in [0.29, 0.717) is 12.3 Å². The molecule has 1 atom stereocenters. The number of fused-ring (bicyclic) bond motifs is 1. The van der Waals surface area contributed by atoms with Crippen molar-refractivity contribution in [3.63, 3.8) is 0 Å². The quantitative estimate of drug-likeness (QED) is 0.542. The van der Waals surface area contributed by atoms with Crippen LogP contribution in [0.5, 0.6) is 0 Å². The van der Waals surface area contributed by atoms with Gasteiger partial charge in [-0.25, -0.2) is 13.2 Å². The zero-order valence-corrected chi connectivity index (χ0v) is 16.2. The van der Waals surface area contributed by atoms with Crippen LogP contribution in [0.4, 0.5) is 13.2 Å². The Morgan fingerprint density at radius 3 is 2.38 bits per heavy atom. The van der Waals surface area contributed by atoms with E-state index in [1.165, 1.54) is 0 Å². The number of aliphatic hydroxyl groups excluding tert-OH is 1. The topological polar surface area (TPSA) is 142 Å². The van der Waals surface area contributed by atoms with E-state index in [1.807, 2.05) is 4.98 Å². The minimum Gasteiger partial charge on any atom is -0.371 e. The highest BCUT2D eigenvalue weighted by Crippen LogP contribution is 2.33. The highest BCUT2D eigenvalue weighted by molar-refractivity contribution is 7.91. The molecule has 14 heteroatoms. The summed E-state index contributed by atoms with van der Waals surface area (Å²) < 4.78 is 64.1. The van der Waals surface area contributed by atoms with Gasteiger partial charge in [-0.15, -0.1) is 0 Å². The maximum Gasteiger partial charge on any atom is 0.416 e. The van der Waals surface area contributed by atoms with Crippen molar-refractivity contribution in [2.24, 2.45) is 0 Å². The van der Waals surface area contributed by atoms with Crippen molar-refractivity contribution in [1.82, 2.24) is 15.0 Å². The fraction of sp³-hybridized carbons (Fsp3) is 0.400. The molecule has 0 saturated heterocycles. The second-order valence-corrected chi connectivity index (χ2v) is 8.02. The molecule has 3 N–H and O–H groups in total. The Hall–Kier alpha value is -2.87. The zero-order valence-electron chi connectivity index (χ0n) is 15.4. The molecule has 0 spiro atoms. The number of halogens is 3. The number of benzene rings is 1. The molecule has 0 saturated carbocycles. The first-order valence-corrected chi connectivity index (χ1v) is 9.80. The Balaban J connectivity index is 2.90. The Bertz CT molecular complexity index is 1180. The highest BCUT2D eigenvalue weighted by Gasteiger charge is 2.34. The number of carbonyl (C=O) groups excluding carboxylic acids is 1. The summed E-state index contributed by atoms with van der Waals surface area (Å²) in [4.78, 5) is 38.1. The number of hydrogen-bond donors (Lipinski definition) is 3. The van der Waals surface area contributed by atoms with Crippen molar-refractivity contribution in [2.75, 3.05) is 10.7 Å². The predicted molar refractivity (Wildman–Crippen MR) is 96.1 cm³/mol. The van der Waals surface area contributed by atoms with Gasteiger partial charge < -0.3 is 15.4 Å². The van der Waals surface area contributed by atoms with Gasteiger partial charge in [-0.2, -0.15) is 22.3 Å². The van der Waals surface area contributed by atoms with Crippen LogP contribution in [0.2, 0.25) is 0 Å². The molecule has 1 amide bonds. The third-order valence-corrected chi connectivity index (χ3v) is 4.94. The molecule has 0 radical (unpaired) electrons. The molecule has 0 aliphatic carbocycles. The van der Waals surface area contributed by atoms with Crippen LogP contribution < -0.4 is 21.0 Å². The van der Waals surface area contributed by atoms with Gasteiger partial charge in [0.25, 0.3) is 5.56 Å². The molecular formula is C15H17F3N4O6S. The lowest BCUT2D eigenvalue weighted by atomic mass is 10.0. The van der Waals surface area contributed by atoms with Gasteiger partial charge in [0.15, 0.2) is 6.23 Å². The van der Waals surface area contributed by atoms with Crippen LogP contribution in [-0.2, 0) is 27.5 Å². The molecule has 1 heterocycles. The Labute approximate surface area is 161 Å². The molecule has 2 rings (SSSR count). The van der Waals surface area contributed by atoms with Crippen LogP contribution in [0.25, 0.3) is 10.9 Å². The van der Waals surface area contributed by atoms with E-state index in [9.17, 15) is 41.1 Å². The molecule has 0 fully saturated rings. The lowest BCUT2D eigenvalue weighted by Gasteiger charge is -2.25. The van der Waals surface area contributed by atoms with E-state index in [4.69, 9.17) is 0 Å². The van der Waals surface area contributed by atoms with E-state index in [2.05, 4.69) is 5.32 Å². The molecule has 1 unspecified atom stereocenters. The van der Waals surface area contributed by atoms with Gasteiger partial charge in [0.1, 0.15) is 0 Å². The molecule has 10 nitrogen and oxygen atoms in total. The van der Waals surface area contributed by atoms with Crippen molar-refractivity contribution in [1.29, 1.82) is 0 Å². The van der Waals surface area contributed by atoms with Gasteiger partial charge in [-0.3, -0.25) is 9.59 Å². The summed E-state index contributed by atoms with van der Waals surface area (Å²) in [5.41, 5.74) is -4.79. The number of carbonyl (C=O) groups is 1. The van der Waals surface area contributed by atoms with Gasteiger partial charge in [-0.05, 0) is 24.6 Å². The van der Waals surface area contributed by atoms with Crippen LogP contribution in [0.3, 0.4) is 0 Å². The van der Waals surface area contributed by atoms with Gasteiger partial charge >= 0.3 is 11.9 Å². The molecule has 29 heavy (non-hydrogen) atoms.